The van der Waals surface area contributed by atoms with E-state index in [1.807, 2.05) is 18.2 Å². The Morgan fingerprint density at radius 2 is 1.90 bits per heavy atom. The average Bonchev–Trinajstić information content (AvgIpc) is 2.78. The van der Waals surface area contributed by atoms with E-state index < -0.39 is 5.41 Å². The normalized spacial score (nSPS) is 18.4. The van der Waals surface area contributed by atoms with E-state index in [-0.39, 0.29) is 25.0 Å². The van der Waals surface area contributed by atoms with Gasteiger partial charge < -0.3 is 19.1 Å². The molecule has 6 nitrogen and oxygen atoms in total. The van der Waals surface area contributed by atoms with Gasteiger partial charge in [-0.25, -0.2) is 0 Å². The second kappa shape index (κ2) is 10.1. The molecule has 1 heterocycles. The highest BCUT2D eigenvalue weighted by molar-refractivity contribution is 6.30. The molecule has 0 saturated carbocycles. The first-order valence-electron chi connectivity index (χ1n) is 10.4. The molecule has 31 heavy (non-hydrogen) atoms. The number of halogens is 1. The van der Waals surface area contributed by atoms with Gasteiger partial charge in [0, 0.05) is 18.1 Å². The average molecular weight is 446 g/mol. The highest BCUT2D eigenvalue weighted by Crippen LogP contribution is 2.38. The van der Waals surface area contributed by atoms with E-state index in [9.17, 15) is 9.59 Å². The molecule has 1 aliphatic rings. The summed E-state index contributed by atoms with van der Waals surface area (Å²) in [5, 5.41) is 0.612. The largest absolute Gasteiger partial charge is 0.493 e. The number of carbonyl (C=O) groups is 2. The Morgan fingerprint density at radius 1 is 1.13 bits per heavy atom. The van der Waals surface area contributed by atoms with Gasteiger partial charge in [-0.2, -0.15) is 0 Å². The number of ether oxygens (including phenoxy) is 3. The van der Waals surface area contributed by atoms with Crippen LogP contribution in [0.2, 0.25) is 5.02 Å². The lowest BCUT2D eigenvalue weighted by Gasteiger charge is -2.41. The fourth-order valence-corrected chi connectivity index (χ4v) is 4.45. The van der Waals surface area contributed by atoms with Crippen molar-refractivity contribution in [3.63, 3.8) is 0 Å². The quantitative estimate of drug-likeness (QED) is 0.591. The minimum absolute atomic E-state index is 0.199. The highest BCUT2D eigenvalue weighted by Gasteiger charge is 2.45. The van der Waals surface area contributed by atoms with Crippen molar-refractivity contribution < 1.29 is 23.8 Å². The van der Waals surface area contributed by atoms with E-state index in [1.165, 1.54) is 14.2 Å². The first-order valence-corrected chi connectivity index (χ1v) is 10.7. The van der Waals surface area contributed by atoms with Crippen LogP contribution in [0.5, 0.6) is 11.5 Å². The molecule has 7 heteroatoms. The zero-order valence-electron chi connectivity index (χ0n) is 18.2. The van der Waals surface area contributed by atoms with Crippen molar-refractivity contribution >= 4 is 23.5 Å². The SMILES string of the molecule is CCOC(=O)[C@]1(Cc2cccc(Cl)c2)CCCN(C(=O)c2cccc(OC)c2OC)C1. The van der Waals surface area contributed by atoms with Gasteiger partial charge in [-0.1, -0.05) is 29.8 Å². The number of nitrogens with zero attached hydrogens (tertiary/aromatic N) is 1. The molecule has 0 bridgehead atoms. The van der Waals surface area contributed by atoms with Crippen LogP contribution in [0.15, 0.2) is 42.5 Å². The van der Waals surface area contributed by atoms with Gasteiger partial charge in [-0.05, 0) is 56.0 Å². The maximum atomic E-state index is 13.4. The van der Waals surface area contributed by atoms with E-state index in [2.05, 4.69) is 0 Å². The number of likely N-dealkylation sites (tertiary alicyclic amines) is 1. The van der Waals surface area contributed by atoms with Crippen molar-refractivity contribution in [1.82, 2.24) is 4.90 Å². The summed E-state index contributed by atoms with van der Waals surface area (Å²) in [5.74, 6) is 0.387. The van der Waals surface area contributed by atoms with Crippen LogP contribution in [0.3, 0.4) is 0 Å². The third-order valence-electron chi connectivity index (χ3n) is 5.64. The molecule has 1 aliphatic heterocycles. The monoisotopic (exact) mass is 445 g/mol. The van der Waals surface area contributed by atoms with Crippen molar-refractivity contribution in [3.05, 3.63) is 58.6 Å². The van der Waals surface area contributed by atoms with Gasteiger partial charge in [-0.15, -0.1) is 0 Å². The third-order valence-corrected chi connectivity index (χ3v) is 5.87. The Labute approximate surface area is 188 Å². The zero-order chi connectivity index (χ0) is 22.4. The van der Waals surface area contributed by atoms with Gasteiger partial charge in [0.1, 0.15) is 0 Å². The number of esters is 1. The Kier molecular flexibility index (Phi) is 7.44. The van der Waals surface area contributed by atoms with E-state index in [0.29, 0.717) is 47.9 Å². The van der Waals surface area contributed by atoms with Crippen molar-refractivity contribution in [2.24, 2.45) is 5.41 Å². The third kappa shape index (κ3) is 4.96. The predicted octanol–water partition coefficient (Wildman–Crippen LogP) is 4.39. The molecule has 1 saturated heterocycles. The molecule has 3 rings (SSSR count). The summed E-state index contributed by atoms with van der Waals surface area (Å²) >= 11 is 6.16. The fraction of sp³-hybridized carbons (Fsp3) is 0.417. The molecule has 1 fully saturated rings. The van der Waals surface area contributed by atoms with Crippen molar-refractivity contribution in [1.29, 1.82) is 0 Å². The van der Waals surface area contributed by atoms with Crippen LogP contribution in [0, 0.1) is 5.41 Å². The van der Waals surface area contributed by atoms with Crippen LogP contribution in [0.25, 0.3) is 0 Å². The second-order valence-corrected chi connectivity index (χ2v) is 8.12. The molecule has 1 amide bonds. The van der Waals surface area contributed by atoms with E-state index in [4.69, 9.17) is 25.8 Å². The van der Waals surface area contributed by atoms with Gasteiger partial charge in [-0.3, -0.25) is 9.59 Å². The number of methoxy groups -OCH3 is 2. The van der Waals surface area contributed by atoms with Crippen molar-refractivity contribution in [3.8, 4) is 11.5 Å². The minimum atomic E-state index is -0.833. The van der Waals surface area contributed by atoms with Gasteiger partial charge in [0.25, 0.3) is 5.91 Å². The summed E-state index contributed by atoms with van der Waals surface area (Å²) in [7, 11) is 3.04. The zero-order valence-corrected chi connectivity index (χ0v) is 18.9. The molecule has 1 atom stereocenters. The number of piperidine rings is 1. The number of hydrogen-bond donors (Lipinski definition) is 0. The molecular formula is C24H28ClNO5. The summed E-state index contributed by atoms with van der Waals surface area (Å²) in [6.07, 6.45) is 1.78. The lowest BCUT2D eigenvalue weighted by atomic mass is 9.75. The molecule has 2 aromatic rings. The lowest BCUT2D eigenvalue weighted by molar-refractivity contribution is -0.158. The number of rotatable bonds is 7. The summed E-state index contributed by atoms with van der Waals surface area (Å²) in [6.45, 7) is 2.89. The molecule has 0 aliphatic carbocycles. The van der Waals surface area contributed by atoms with Gasteiger partial charge in [0.2, 0.25) is 0 Å². The van der Waals surface area contributed by atoms with Crippen LogP contribution >= 0.6 is 11.6 Å². The predicted molar refractivity (Wildman–Crippen MR) is 119 cm³/mol. The Bertz CT molecular complexity index is 947. The summed E-state index contributed by atoms with van der Waals surface area (Å²) in [4.78, 5) is 28.2. The molecule has 0 spiro atoms. The topological polar surface area (TPSA) is 65.1 Å². The summed E-state index contributed by atoms with van der Waals surface area (Å²) in [5.41, 5.74) is 0.513. The summed E-state index contributed by atoms with van der Waals surface area (Å²) < 4.78 is 16.2. The number of carbonyl (C=O) groups excluding carboxylic acids is 2. The van der Waals surface area contributed by atoms with Crippen molar-refractivity contribution in [2.45, 2.75) is 26.2 Å². The van der Waals surface area contributed by atoms with Crippen LogP contribution in [0.1, 0.15) is 35.7 Å². The van der Waals surface area contributed by atoms with Crippen molar-refractivity contribution in [2.75, 3.05) is 33.9 Å². The fourth-order valence-electron chi connectivity index (χ4n) is 4.24. The number of amides is 1. The molecule has 0 unspecified atom stereocenters. The van der Waals surface area contributed by atoms with E-state index in [1.54, 1.807) is 36.1 Å². The van der Waals surface area contributed by atoms with Gasteiger partial charge in [0.15, 0.2) is 11.5 Å². The maximum Gasteiger partial charge on any atom is 0.314 e. The maximum absolute atomic E-state index is 13.4. The van der Waals surface area contributed by atoms with E-state index >= 15 is 0 Å². The smallest absolute Gasteiger partial charge is 0.314 e. The first-order chi connectivity index (χ1) is 14.9. The molecule has 166 valence electrons. The molecule has 0 aromatic heterocycles. The Hall–Kier alpha value is -2.73. The Balaban J connectivity index is 1.93. The molecular weight excluding hydrogens is 418 g/mol. The standard InChI is InChI=1S/C24H28ClNO5/c1-4-31-23(28)24(15-17-8-5-9-18(25)14-17)12-7-13-26(16-24)22(27)19-10-6-11-20(29-2)21(19)30-3/h5-6,8-11,14H,4,7,12-13,15-16H2,1-3H3/t24-/m0/s1. The minimum Gasteiger partial charge on any atom is -0.493 e. The Morgan fingerprint density at radius 3 is 2.58 bits per heavy atom. The highest BCUT2D eigenvalue weighted by atomic mass is 35.5. The van der Waals surface area contributed by atoms with Crippen LogP contribution in [-0.2, 0) is 16.0 Å². The first kappa shape index (κ1) is 22.9. The molecule has 0 N–H and O–H groups in total. The number of hydrogen-bond acceptors (Lipinski definition) is 5. The number of benzene rings is 2. The van der Waals surface area contributed by atoms with Crippen LogP contribution in [0.4, 0.5) is 0 Å². The van der Waals surface area contributed by atoms with Crippen LogP contribution < -0.4 is 9.47 Å². The van der Waals surface area contributed by atoms with Gasteiger partial charge >= 0.3 is 5.97 Å². The van der Waals surface area contributed by atoms with Gasteiger partial charge in [0.05, 0.1) is 31.8 Å². The second-order valence-electron chi connectivity index (χ2n) is 7.68. The summed E-state index contributed by atoms with van der Waals surface area (Å²) in [6, 6.07) is 12.7. The van der Waals surface area contributed by atoms with Crippen LogP contribution in [-0.4, -0.2) is 50.7 Å². The number of para-hydroxylation sites is 1. The lowest BCUT2D eigenvalue weighted by Crippen LogP contribution is -2.51. The molecule has 0 radical (unpaired) electrons. The van der Waals surface area contributed by atoms with E-state index in [0.717, 1.165) is 5.56 Å². The molecule has 2 aromatic carbocycles.